The van der Waals surface area contributed by atoms with E-state index < -0.39 is 0 Å². The van der Waals surface area contributed by atoms with Crippen molar-refractivity contribution in [3.05, 3.63) is 102 Å². The van der Waals surface area contributed by atoms with Crippen molar-refractivity contribution in [2.24, 2.45) is 0 Å². The summed E-state index contributed by atoms with van der Waals surface area (Å²) in [6.45, 7) is 0.494. The zero-order valence-corrected chi connectivity index (χ0v) is 18.5. The van der Waals surface area contributed by atoms with E-state index in [1.165, 1.54) is 12.1 Å². The number of aromatic amines is 1. The van der Waals surface area contributed by atoms with Crippen LogP contribution in [0, 0.1) is 5.82 Å². The third kappa shape index (κ3) is 4.49. The number of aromatic nitrogens is 5. The van der Waals surface area contributed by atoms with Gasteiger partial charge in [0.2, 0.25) is 0 Å². The van der Waals surface area contributed by atoms with Crippen LogP contribution in [0.3, 0.4) is 0 Å². The number of hydrogen-bond donors (Lipinski definition) is 1. The predicted octanol–water partition coefficient (Wildman–Crippen LogP) is 5.75. The van der Waals surface area contributed by atoms with Gasteiger partial charge in [0.1, 0.15) is 17.3 Å². The summed E-state index contributed by atoms with van der Waals surface area (Å²) in [6.07, 6.45) is 1.92. The van der Waals surface area contributed by atoms with E-state index in [4.69, 9.17) is 16.6 Å². The standard InChI is InChI=1S/C25H20ClFN6/c1-32(20-13-9-19(27)10-14-20)16-23-28-22(15-33(23)21-11-7-18(26)8-12-21)25-29-24(30-31-25)17-5-3-2-4-6-17/h2-15H,16H2,1H3,(H,29,30,31). The van der Waals surface area contributed by atoms with E-state index in [0.29, 0.717) is 28.9 Å². The van der Waals surface area contributed by atoms with Crippen LogP contribution in [0.25, 0.3) is 28.6 Å². The van der Waals surface area contributed by atoms with Crippen LogP contribution in [0.1, 0.15) is 5.82 Å². The highest BCUT2D eigenvalue weighted by atomic mass is 35.5. The topological polar surface area (TPSA) is 62.6 Å². The highest BCUT2D eigenvalue weighted by molar-refractivity contribution is 6.30. The lowest BCUT2D eigenvalue weighted by Gasteiger charge is -2.19. The number of rotatable bonds is 6. The Balaban J connectivity index is 1.51. The van der Waals surface area contributed by atoms with Crippen LogP contribution in [0.4, 0.5) is 10.1 Å². The molecule has 0 unspecified atom stereocenters. The van der Waals surface area contributed by atoms with Crippen LogP contribution in [0.15, 0.2) is 85.1 Å². The van der Waals surface area contributed by atoms with Crippen LogP contribution in [-0.2, 0) is 6.54 Å². The van der Waals surface area contributed by atoms with E-state index in [1.54, 1.807) is 12.1 Å². The maximum atomic E-state index is 13.3. The zero-order chi connectivity index (χ0) is 22.8. The van der Waals surface area contributed by atoms with Crippen molar-refractivity contribution in [2.45, 2.75) is 6.54 Å². The maximum Gasteiger partial charge on any atom is 0.181 e. The first kappa shape index (κ1) is 20.9. The highest BCUT2D eigenvalue weighted by Gasteiger charge is 2.17. The third-order valence-electron chi connectivity index (χ3n) is 5.29. The summed E-state index contributed by atoms with van der Waals surface area (Å²) in [6, 6.07) is 23.7. The second-order valence-electron chi connectivity index (χ2n) is 7.59. The molecule has 2 aromatic heterocycles. The molecular weight excluding hydrogens is 439 g/mol. The fourth-order valence-corrected chi connectivity index (χ4v) is 3.69. The van der Waals surface area contributed by atoms with Gasteiger partial charge in [0.25, 0.3) is 0 Å². The van der Waals surface area contributed by atoms with Crippen molar-refractivity contribution in [3.8, 4) is 28.6 Å². The first-order chi connectivity index (χ1) is 16.1. The largest absolute Gasteiger partial charge is 0.367 e. The van der Waals surface area contributed by atoms with Gasteiger partial charge in [-0.25, -0.2) is 14.4 Å². The van der Waals surface area contributed by atoms with E-state index in [-0.39, 0.29) is 5.82 Å². The van der Waals surface area contributed by atoms with Gasteiger partial charge in [-0.05, 0) is 48.5 Å². The number of H-pyrrole nitrogens is 1. The van der Waals surface area contributed by atoms with Crippen LogP contribution in [0.2, 0.25) is 5.02 Å². The first-order valence-electron chi connectivity index (χ1n) is 10.4. The van der Waals surface area contributed by atoms with Crippen LogP contribution in [0.5, 0.6) is 0 Å². The normalized spacial score (nSPS) is 11.0. The lowest BCUT2D eigenvalue weighted by atomic mass is 10.2. The summed E-state index contributed by atoms with van der Waals surface area (Å²) in [7, 11) is 1.94. The Morgan fingerprint density at radius 2 is 1.67 bits per heavy atom. The molecule has 8 heteroatoms. The van der Waals surface area contributed by atoms with Gasteiger partial charge >= 0.3 is 0 Å². The molecular formula is C25H20ClFN6. The molecule has 0 saturated heterocycles. The first-order valence-corrected chi connectivity index (χ1v) is 10.7. The molecule has 0 radical (unpaired) electrons. The van der Waals surface area contributed by atoms with Crippen molar-refractivity contribution < 1.29 is 4.39 Å². The van der Waals surface area contributed by atoms with Gasteiger partial charge in [0.05, 0.1) is 6.54 Å². The molecule has 0 aliphatic rings. The monoisotopic (exact) mass is 458 g/mol. The van der Waals surface area contributed by atoms with E-state index in [9.17, 15) is 4.39 Å². The Morgan fingerprint density at radius 3 is 2.39 bits per heavy atom. The SMILES string of the molecule is CN(Cc1nc(-c2nc(-c3ccccc3)n[nH]2)cn1-c1ccc(Cl)cc1)c1ccc(F)cc1. The van der Waals surface area contributed by atoms with Gasteiger partial charge in [0, 0.05) is 35.2 Å². The van der Waals surface area contributed by atoms with Gasteiger partial charge in [-0.15, -0.1) is 0 Å². The number of nitrogens with one attached hydrogen (secondary N) is 1. The number of halogens is 2. The fourth-order valence-electron chi connectivity index (χ4n) is 3.56. The molecule has 1 N–H and O–H groups in total. The van der Waals surface area contributed by atoms with Gasteiger partial charge in [-0.1, -0.05) is 41.9 Å². The maximum absolute atomic E-state index is 13.3. The summed E-state index contributed by atoms with van der Waals surface area (Å²) in [4.78, 5) is 11.5. The Kier molecular flexibility index (Phi) is 5.62. The molecule has 0 spiro atoms. The quantitative estimate of drug-likeness (QED) is 0.351. The van der Waals surface area contributed by atoms with E-state index in [2.05, 4.69) is 15.2 Å². The van der Waals surface area contributed by atoms with E-state index in [1.807, 2.05) is 77.3 Å². The number of nitrogens with zero attached hydrogens (tertiary/aromatic N) is 5. The summed E-state index contributed by atoms with van der Waals surface area (Å²) in [5.74, 6) is 1.71. The minimum atomic E-state index is -0.267. The molecule has 5 aromatic rings. The van der Waals surface area contributed by atoms with Crippen molar-refractivity contribution in [1.29, 1.82) is 0 Å². The molecule has 0 aliphatic carbocycles. The minimum absolute atomic E-state index is 0.267. The number of anilines is 1. The summed E-state index contributed by atoms with van der Waals surface area (Å²) >= 11 is 6.09. The molecule has 0 saturated carbocycles. The van der Waals surface area contributed by atoms with Crippen LogP contribution >= 0.6 is 11.6 Å². The lowest BCUT2D eigenvalue weighted by molar-refractivity contribution is 0.627. The molecule has 0 bridgehead atoms. The molecule has 2 heterocycles. The molecule has 0 aliphatic heterocycles. The molecule has 33 heavy (non-hydrogen) atoms. The van der Waals surface area contributed by atoms with E-state index >= 15 is 0 Å². The van der Waals surface area contributed by atoms with Gasteiger partial charge in [0.15, 0.2) is 11.6 Å². The Bertz CT molecular complexity index is 1360. The van der Waals surface area contributed by atoms with Crippen molar-refractivity contribution in [1.82, 2.24) is 24.7 Å². The van der Waals surface area contributed by atoms with Crippen molar-refractivity contribution in [2.75, 3.05) is 11.9 Å². The predicted molar refractivity (Wildman–Crippen MR) is 128 cm³/mol. The van der Waals surface area contributed by atoms with Gasteiger partial charge < -0.3 is 9.47 Å². The van der Waals surface area contributed by atoms with Crippen LogP contribution < -0.4 is 4.90 Å². The van der Waals surface area contributed by atoms with Crippen molar-refractivity contribution in [3.63, 3.8) is 0 Å². The lowest BCUT2D eigenvalue weighted by Crippen LogP contribution is -2.19. The summed E-state index contributed by atoms with van der Waals surface area (Å²) in [5.41, 5.74) is 3.40. The number of imidazole rings is 1. The number of hydrogen-bond acceptors (Lipinski definition) is 4. The average molecular weight is 459 g/mol. The van der Waals surface area contributed by atoms with Gasteiger partial charge in [-0.3, -0.25) is 5.10 Å². The molecule has 0 atom stereocenters. The molecule has 6 nitrogen and oxygen atoms in total. The minimum Gasteiger partial charge on any atom is -0.367 e. The second kappa shape index (κ2) is 8.88. The Morgan fingerprint density at radius 1 is 0.939 bits per heavy atom. The molecule has 5 rings (SSSR count). The van der Waals surface area contributed by atoms with E-state index in [0.717, 1.165) is 22.8 Å². The Hall–Kier alpha value is -3.97. The highest BCUT2D eigenvalue weighted by Crippen LogP contribution is 2.24. The molecule has 164 valence electrons. The molecule has 0 fully saturated rings. The molecule has 3 aromatic carbocycles. The average Bonchev–Trinajstić information content (AvgIpc) is 3.48. The fraction of sp³-hybridized carbons (Fsp3) is 0.0800. The van der Waals surface area contributed by atoms with Crippen LogP contribution in [-0.4, -0.2) is 31.8 Å². The molecule has 0 amide bonds. The van der Waals surface area contributed by atoms with Gasteiger partial charge in [-0.2, -0.15) is 5.10 Å². The summed E-state index contributed by atoms with van der Waals surface area (Å²) in [5, 5.41) is 8.01. The summed E-state index contributed by atoms with van der Waals surface area (Å²) < 4.78 is 15.3. The smallest absolute Gasteiger partial charge is 0.181 e. The zero-order valence-electron chi connectivity index (χ0n) is 17.8. The van der Waals surface area contributed by atoms with Crippen molar-refractivity contribution >= 4 is 17.3 Å². The Labute approximate surface area is 195 Å². The number of benzene rings is 3. The second-order valence-corrected chi connectivity index (χ2v) is 8.03. The third-order valence-corrected chi connectivity index (χ3v) is 5.54.